The van der Waals surface area contributed by atoms with Gasteiger partial charge in [0, 0.05) is 11.5 Å². The Bertz CT molecular complexity index is 586. The van der Waals surface area contributed by atoms with Crippen LogP contribution in [0.4, 0.5) is 0 Å². The fourth-order valence-corrected chi connectivity index (χ4v) is 1.58. The summed E-state index contributed by atoms with van der Waals surface area (Å²) in [6.07, 6.45) is 4.75. The fourth-order valence-electron chi connectivity index (χ4n) is 1.45. The van der Waals surface area contributed by atoms with E-state index in [-0.39, 0.29) is 34.0 Å². The van der Waals surface area contributed by atoms with E-state index in [1.807, 2.05) is 6.07 Å². The number of hydrogen-bond acceptors (Lipinski definition) is 5. The normalized spacial score (nSPS) is 20.5. The minimum atomic E-state index is -0.220. The van der Waals surface area contributed by atoms with Crippen LogP contribution in [0.3, 0.4) is 0 Å². The molecule has 0 saturated carbocycles. The third-order valence-corrected chi connectivity index (χ3v) is 2.62. The van der Waals surface area contributed by atoms with Crippen LogP contribution in [0.5, 0.6) is 0 Å². The molecule has 0 fully saturated rings. The van der Waals surface area contributed by atoms with E-state index in [4.69, 9.17) is 28.3 Å². The number of nitrogens with zero attached hydrogens (tertiary/aromatic N) is 2. The van der Waals surface area contributed by atoms with Gasteiger partial charge in [0.05, 0.1) is 5.71 Å². The van der Waals surface area contributed by atoms with E-state index in [1.54, 1.807) is 19.1 Å². The Morgan fingerprint density at radius 2 is 2.21 bits per heavy atom. The van der Waals surface area contributed by atoms with Crippen molar-refractivity contribution < 1.29 is 4.79 Å². The summed E-state index contributed by atoms with van der Waals surface area (Å²) < 4.78 is 0. The van der Waals surface area contributed by atoms with E-state index >= 15 is 0 Å². The fraction of sp³-hybridized carbons (Fsp3) is 0.154. The largest absolute Gasteiger partial charge is 0.388 e. The molecule has 1 unspecified atom stereocenters. The number of nitriles is 1. The molecule has 0 radical (unpaired) electrons. The molecule has 6 heteroatoms. The van der Waals surface area contributed by atoms with Gasteiger partial charge < -0.3 is 11.5 Å². The number of halogens is 1. The number of ketones is 1. The van der Waals surface area contributed by atoms with Crippen molar-refractivity contribution >= 4 is 23.1 Å². The van der Waals surface area contributed by atoms with E-state index in [9.17, 15) is 4.79 Å². The third-order valence-electron chi connectivity index (χ3n) is 2.43. The standard InChI is InChI=1S/C13H13ClN4O/c1-7-3-4-9(5-11(7)19)12(18-8(2)16)10(6-15)13(14)17/h3-5,7H,2,16-17H2,1H3/b13-10-,18-12-. The number of hydrogen-bond donors (Lipinski definition) is 2. The first-order valence-electron chi connectivity index (χ1n) is 5.39. The molecule has 0 heterocycles. The second-order valence-electron chi connectivity index (χ2n) is 3.94. The van der Waals surface area contributed by atoms with Gasteiger partial charge in [0.15, 0.2) is 5.78 Å². The SMILES string of the molecule is C=C(N)/N=C(C1=CC(=O)C(C)C=C1)\C(C#N)=C(/N)Cl. The highest BCUT2D eigenvalue weighted by atomic mass is 35.5. The lowest BCUT2D eigenvalue weighted by Gasteiger charge is -2.13. The van der Waals surface area contributed by atoms with Crippen molar-refractivity contribution in [1.82, 2.24) is 0 Å². The molecule has 0 aromatic heterocycles. The zero-order chi connectivity index (χ0) is 14.6. The van der Waals surface area contributed by atoms with Gasteiger partial charge in [-0.1, -0.05) is 37.3 Å². The van der Waals surface area contributed by atoms with Crippen LogP contribution < -0.4 is 11.5 Å². The Balaban J connectivity index is 3.38. The lowest BCUT2D eigenvalue weighted by molar-refractivity contribution is -0.116. The Labute approximate surface area is 116 Å². The van der Waals surface area contributed by atoms with Gasteiger partial charge >= 0.3 is 0 Å². The molecule has 1 rings (SSSR count). The number of nitrogens with two attached hydrogens (primary N) is 2. The summed E-state index contributed by atoms with van der Waals surface area (Å²) in [7, 11) is 0. The molecule has 1 aliphatic carbocycles. The summed E-state index contributed by atoms with van der Waals surface area (Å²) in [5, 5.41) is 8.85. The Morgan fingerprint density at radius 3 is 2.63 bits per heavy atom. The number of carbonyl (C=O) groups excluding carboxylic acids is 1. The highest BCUT2D eigenvalue weighted by Crippen LogP contribution is 2.20. The number of rotatable bonds is 3. The van der Waals surface area contributed by atoms with Crippen LogP contribution in [0.2, 0.25) is 0 Å². The Kier molecular flexibility index (Phi) is 4.67. The van der Waals surface area contributed by atoms with E-state index in [2.05, 4.69) is 11.6 Å². The minimum Gasteiger partial charge on any atom is -0.388 e. The van der Waals surface area contributed by atoms with Crippen molar-refractivity contribution in [3.63, 3.8) is 0 Å². The van der Waals surface area contributed by atoms with Crippen LogP contribution in [0.15, 0.2) is 51.9 Å². The van der Waals surface area contributed by atoms with Crippen LogP contribution in [-0.2, 0) is 4.79 Å². The van der Waals surface area contributed by atoms with Crippen LogP contribution in [-0.4, -0.2) is 11.5 Å². The van der Waals surface area contributed by atoms with Crippen molar-refractivity contribution in [3.05, 3.63) is 46.9 Å². The number of carbonyl (C=O) groups is 1. The molecule has 0 amide bonds. The smallest absolute Gasteiger partial charge is 0.162 e. The van der Waals surface area contributed by atoms with Crippen molar-refractivity contribution in [1.29, 1.82) is 5.26 Å². The van der Waals surface area contributed by atoms with Crippen LogP contribution >= 0.6 is 11.6 Å². The van der Waals surface area contributed by atoms with Crippen molar-refractivity contribution in [2.75, 3.05) is 0 Å². The minimum absolute atomic E-state index is 0.0129. The molecule has 4 N–H and O–H groups in total. The summed E-state index contributed by atoms with van der Waals surface area (Å²) >= 11 is 5.65. The molecule has 5 nitrogen and oxygen atoms in total. The molecule has 0 saturated heterocycles. The molecule has 19 heavy (non-hydrogen) atoms. The monoisotopic (exact) mass is 276 g/mol. The van der Waals surface area contributed by atoms with Crippen LogP contribution in [0.1, 0.15) is 6.92 Å². The Morgan fingerprint density at radius 1 is 1.58 bits per heavy atom. The molecule has 0 bridgehead atoms. The summed E-state index contributed by atoms with van der Waals surface area (Å²) in [5.41, 5.74) is 11.4. The maximum atomic E-state index is 11.7. The van der Waals surface area contributed by atoms with Crippen LogP contribution in [0.25, 0.3) is 0 Å². The molecule has 0 aromatic carbocycles. The molecule has 0 aliphatic heterocycles. The zero-order valence-corrected chi connectivity index (χ0v) is 11.1. The van der Waals surface area contributed by atoms with Gasteiger partial charge in [0.1, 0.15) is 22.6 Å². The van der Waals surface area contributed by atoms with Gasteiger partial charge in [0.2, 0.25) is 0 Å². The van der Waals surface area contributed by atoms with Gasteiger partial charge in [0.25, 0.3) is 0 Å². The van der Waals surface area contributed by atoms with E-state index in [1.165, 1.54) is 6.08 Å². The average Bonchev–Trinajstić information content (AvgIpc) is 2.31. The quantitative estimate of drug-likeness (QED) is 0.463. The predicted molar refractivity (Wildman–Crippen MR) is 74.8 cm³/mol. The van der Waals surface area contributed by atoms with E-state index in [0.717, 1.165) is 0 Å². The number of aliphatic imine (C=N–C) groups is 1. The Hall–Kier alpha value is -2.32. The second-order valence-corrected chi connectivity index (χ2v) is 4.34. The first kappa shape index (κ1) is 14.7. The summed E-state index contributed by atoms with van der Waals surface area (Å²) in [5.74, 6) is -0.326. The maximum Gasteiger partial charge on any atom is 0.162 e. The van der Waals surface area contributed by atoms with Gasteiger partial charge in [-0.3, -0.25) is 4.79 Å². The highest BCUT2D eigenvalue weighted by molar-refractivity contribution is 6.34. The number of allylic oxidation sites excluding steroid dienone is 5. The summed E-state index contributed by atoms with van der Waals surface area (Å²) in [6.45, 7) is 5.20. The van der Waals surface area contributed by atoms with Gasteiger partial charge in [-0.25, -0.2) is 4.99 Å². The van der Waals surface area contributed by atoms with Gasteiger partial charge in [-0.2, -0.15) is 5.26 Å². The highest BCUT2D eigenvalue weighted by Gasteiger charge is 2.20. The average molecular weight is 277 g/mol. The molecular formula is C13H13ClN4O. The lowest BCUT2D eigenvalue weighted by atomic mass is 9.92. The predicted octanol–water partition coefficient (Wildman–Crippen LogP) is 1.49. The molecule has 98 valence electrons. The van der Waals surface area contributed by atoms with E-state index < -0.39 is 0 Å². The van der Waals surface area contributed by atoms with Crippen LogP contribution in [0, 0.1) is 17.2 Å². The van der Waals surface area contributed by atoms with Crippen molar-refractivity contribution in [3.8, 4) is 6.07 Å². The maximum absolute atomic E-state index is 11.7. The van der Waals surface area contributed by atoms with E-state index in [0.29, 0.717) is 5.57 Å². The molecule has 1 atom stereocenters. The summed E-state index contributed by atoms with van der Waals surface area (Å²) in [4.78, 5) is 15.6. The first-order chi connectivity index (χ1) is 8.86. The van der Waals surface area contributed by atoms with Gasteiger partial charge in [-0.05, 0) is 6.08 Å². The first-order valence-corrected chi connectivity index (χ1v) is 5.77. The van der Waals surface area contributed by atoms with Gasteiger partial charge in [-0.15, -0.1) is 0 Å². The topological polar surface area (TPSA) is 105 Å². The lowest BCUT2D eigenvalue weighted by Crippen LogP contribution is -2.17. The molecule has 0 spiro atoms. The molecule has 1 aliphatic rings. The molecule has 0 aromatic rings. The summed E-state index contributed by atoms with van der Waals surface area (Å²) in [6, 6.07) is 1.84. The van der Waals surface area contributed by atoms with Crippen molar-refractivity contribution in [2.45, 2.75) is 6.92 Å². The second kappa shape index (κ2) is 6.03. The third kappa shape index (κ3) is 3.57. The molecular weight excluding hydrogens is 264 g/mol. The zero-order valence-electron chi connectivity index (χ0n) is 10.4. The van der Waals surface area contributed by atoms with Crippen molar-refractivity contribution in [2.24, 2.45) is 22.4 Å².